The minimum Gasteiger partial charge on any atom is -0.495 e. The summed E-state index contributed by atoms with van der Waals surface area (Å²) in [6.45, 7) is 4.95. The first kappa shape index (κ1) is 22.9. The van der Waals surface area contributed by atoms with Gasteiger partial charge in [-0.25, -0.2) is 8.42 Å². The van der Waals surface area contributed by atoms with E-state index in [1.807, 2.05) is 13.8 Å². The number of ether oxygens (including phenoxy) is 1. The van der Waals surface area contributed by atoms with Crippen LogP contribution in [0, 0.1) is 11.8 Å². The molecule has 0 aromatic heterocycles. The Labute approximate surface area is 187 Å². The minimum absolute atomic E-state index is 0.0267. The Balaban J connectivity index is 1.94. The van der Waals surface area contributed by atoms with Crippen molar-refractivity contribution in [2.24, 2.45) is 11.8 Å². The molecule has 0 spiro atoms. The van der Waals surface area contributed by atoms with Crippen molar-refractivity contribution in [3.05, 3.63) is 52.0 Å². The largest absolute Gasteiger partial charge is 0.495 e. The fraction of sp³-hybridized carbons (Fsp3) is 0.381. The van der Waals surface area contributed by atoms with Crippen molar-refractivity contribution >= 4 is 44.8 Å². The molecule has 162 valence electrons. The van der Waals surface area contributed by atoms with Gasteiger partial charge in [0, 0.05) is 23.7 Å². The van der Waals surface area contributed by atoms with Crippen LogP contribution in [0.4, 0.5) is 5.69 Å². The van der Waals surface area contributed by atoms with Crippen LogP contribution in [0.2, 0.25) is 10.0 Å². The van der Waals surface area contributed by atoms with Crippen LogP contribution in [-0.4, -0.2) is 38.8 Å². The van der Waals surface area contributed by atoms with Crippen molar-refractivity contribution in [3.8, 4) is 5.75 Å². The summed E-state index contributed by atoms with van der Waals surface area (Å²) in [5, 5.41) is 3.42. The van der Waals surface area contributed by atoms with Crippen molar-refractivity contribution in [2.45, 2.75) is 25.2 Å². The van der Waals surface area contributed by atoms with Gasteiger partial charge in [-0.3, -0.25) is 4.79 Å². The lowest BCUT2D eigenvalue weighted by Gasteiger charge is -2.34. The van der Waals surface area contributed by atoms with Gasteiger partial charge < -0.3 is 10.1 Å². The van der Waals surface area contributed by atoms with Gasteiger partial charge in [0.25, 0.3) is 5.91 Å². The molecule has 9 heteroatoms. The number of benzene rings is 2. The first-order valence-corrected chi connectivity index (χ1v) is 11.8. The summed E-state index contributed by atoms with van der Waals surface area (Å²) < 4.78 is 33.5. The molecule has 1 amide bonds. The van der Waals surface area contributed by atoms with Gasteiger partial charge >= 0.3 is 0 Å². The molecule has 1 saturated heterocycles. The minimum atomic E-state index is -3.83. The van der Waals surface area contributed by atoms with Crippen molar-refractivity contribution < 1.29 is 17.9 Å². The summed E-state index contributed by atoms with van der Waals surface area (Å²) in [7, 11) is -2.42. The quantitative estimate of drug-likeness (QED) is 0.672. The molecule has 1 N–H and O–H groups in total. The Bertz CT molecular complexity index is 1050. The summed E-state index contributed by atoms with van der Waals surface area (Å²) in [6.07, 6.45) is 0.980. The molecule has 30 heavy (non-hydrogen) atoms. The Hall–Kier alpha value is -1.80. The fourth-order valence-electron chi connectivity index (χ4n) is 3.75. The van der Waals surface area contributed by atoms with E-state index in [-0.39, 0.29) is 33.1 Å². The van der Waals surface area contributed by atoms with Crippen LogP contribution in [0.1, 0.15) is 30.6 Å². The highest BCUT2D eigenvalue weighted by atomic mass is 35.5. The lowest BCUT2D eigenvalue weighted by Crippen LogP contribution is -2.42. The highest BCUT2D eigenvalue weighted by Crippen LogP contribution is 2.32. The molecule has 6 nitrogen and oxygen atoms in total. The third kappa shape index (κ3) is 4.91. The Morgan fingerprint density at radius 2 is 1.77 bits per heavy atom. The predicted octanol–water partition coefficient (Wildman–Crippen LogP) is 4.92. The average Bonchev–Trinajstić information content (AvgIpc) is 2.68. The van der Waals surface area contributed by atoms with Gasteiger partial charge in [0.15, 0.2) is 0 Å². The lowest BCUT2D eigenvalue weighted by atomic mass is 9.94. The third-order valence-corrected chi connectivity index (χ3v) is 7.46. The molecule has 3 rings (SSSR count). The van der Waals surface area contributed by atoms with Gasteiger partial charge in [-0.1, -0.05) is 37.0 Å². The van der Waals surface area contributed by atoms with E-state index >= 15 is 0 Å². The van der Waals surface area contributed by atoms with E-state index < -0.39 is 15.9 Å². The average molecular weight is 471 g/mol. The topological polar surface area (TPSA) is 75.7 Å². The van der Waals surface area contributed by atoms with E-state index in [1.54, 1.807) is 12.1 Å². The maximum absolute atomic E-state index is 13.4. The number of carbonyl (C=O) groups excluding carboxylic acids is 1. The Morgan fingerprint density at radius 3 is 2.37 bits per heavy atom. The first-order chi connectivity index (χ1) is 14.1. The number of methoxy groups -OCH3 is 1. The van der Waals surface area contributed by atoms with E-state index in [0.717, 1.165) is 6.42 Å². The molecule has 1 aliphatic rings. The first-order valence-electron chi connectivity index (χ1n) is 9.56. The van der Waals surface area contributed by atoms with Gasteiger partial charge in [-0.15, -0.1) is 0 Å². The second-order valence-corrected chi connectivity index (χ2v) is 10.5. The number of piperidine rings is 1. The zero-order chi connectivity index (χ0) is 22.1. The van der Waals surface area contributed by atoms with Crippen LogP contribution in [0.25, 0.3) is 0 Å². The molecule has 0 bridgehead atoms. The van der Waals surface area contributed by atoms with Gasteiger partial charge in [0.1, 0.15) is 10.6 Å². The predicted molar refractivity (Wildman–Crippen MR) is 119 cm³/mol. The number of amides is 1. The molecule has 1 heterocycles. The third-order valence-electron chi connectivity index (χ3n) is 5.06. The summed E-state index contributed by atoms with van der Waals surface area (Å²) in [6, 6.07) is 9.05. The van der Waals surface area contributed by atoms with E-state index in [1.165, 1.54) is 35.7 Å². The number of halogens is 2. The van der Waals surface area contributed by atoms with Crippen LogP contribution in [0.5, 0.6) is 5.75 Å². The highest BCUT2D eigenvalue weighted by molar-refractivity contribution is 7.89. The van der Waals surface area contributed by atoms with E-state index in [4.69, 9.17) is 27.9 Å². The monoisotopic (exact) mass is 470 g/mol. The second-order valence-electron chi connectivity index (χ2n) is 7.71. The van der Waals surface area contributed by atoms with Crippen LogP contribution in [0.15, 0.2) is 41.3 Å². The standard InChI is InChI=1S/C21H24Cl2N2O4S/c1-13-8-14(2)12-25(11-13)30(27,28)20-9-15(4-7-19(20)29-3)21(26)24-18-6-5-16(22)10-17(18)23/h4-7,9-10,13-14H,8,11-12H2,1-3H3,(H,24,26). The van der Waals surface area contributed by atoms with Crippen molar-refractivity contribution in [1.29, 1.82) is 0 Å². The number of hydrogen-bond donors (Lipinski definition) is 1. The summed E-state index contributed by atoms with van der Waals surface area (Å²) in [4.78, 5) is 12.7. The molecule has 2 aromatic carbocycles. The number of carbonyl (C=O) groups is 1. The lowest BCUT2D eigenvalue weighted by molar-refractivity contribution is 0.102. The fourth-order valence-corrected chi connectivity index (χ4v) is 6.06. The molecular weight excluding hydrogens is 447 g/mol. The molecule has 0 radical (unpaired) electrons. The molecule has 1 fully saturated rings. The molecule has 2 aromatic rings. The molecule has 0 aliphatic carbocycles. The zero-order valence-electron chi connectivity index (χ0n) is 17.0. The smallest absolute Gasteiger partial charge is 0.255 e. The molecular formula is C21H24Cl2N2O4S. The summed E-state index contributed by atoms with van der Waals surface area (Å²) >= 11 is 12.0. The van der Waals surface area contributed by atoms with Gasteiger partial charge in [-0.2, -0.15) is 4.31 Å². The van der Waals surface area contributed by atoms with Crippen LogP contribution >= 0.6 is 23.2 Å². The number of hydrogen-bond acceptors (Lipinski definition) is 4. The van der Waals surface area contributed by atoms with Crippen LogP contribution < -0.4 is 10.1 Å². The molecule has 1 aliphatic heterocycles. The van der Waals surface area contributed by atoms with Crippen molar-refractivity contribution in [3.63, 3.8) is 0 Å². The highest BCUT2D eigenvalue weighted by Gasteiger charge is 2.34. The van der Waals surface area contributed by atoms with Gasteiger partial charge in [0.05, 0.1) is 17.8 Å². The van der Waals surface area contributed by atoms with Crippen LogP contribution in [0.3, 0.4) is 0 Å². The van der Waals surface area contributed by atoms with E-state index in [9.17, 15) is 13.2 Å². The zero-order valence-corrected chi connectivity index (χ0v) is 19.3. The number of nitrogens with one attached hydrogen (secondary N) is 1. The normalized spacial score (nSPS) is 20.0. The number of sulfonamides is 1. The number of anilines is 1. The molecule has 2 atom stereocenters. The van der Waals surface area contributed by atoms with Crippen LogP contribution in [-0.2, 0) is 10.0 Å². The van der Waals surface area contributed by atoms with Crippen molar-refractivity contribution in [2.75, 3.05) is 25.5 Å². The summed E-state index contributed by atoms with van der Waals surface area (Å²) in [5.41, 5.74) is 0.559. The second kappa shape index (κ2) is 9.14. The maximum atomic E-state index is 13.4. The van der Waals surface area contributed by atoms with E-state index in [0.29, 0.717) is 23.8 Å². The molecule has 0 saturated carbocycles. The SMILES string of the molecule is COc1ccc(C(=O)Nc2ccc(Cl)cc2Cl)cc1S(=O)(=O)N1CC(C)CC(C)C1. The maximum Gasteiger partial charge on any atom is 0.255 e. The van der Waals surface area contributed by atoms with Gasteiger partial charge in [-0.05, 0) is 54.7 Å². The molecule has 2 unspecified atom stereocenters. The number of rotatable bonds is 5. The number of nitrogens with zero attached hydrogens (tertiary/aromatic N) is 1. The van der Waals surface area contributed by atoms with Crippen molar-refractivity contribution in [1.82, 2.24) is 4.31 Å². The van der Waals surface area contributed by atoms with Gasteiger partial charge in [0.2, 0.25) is 10.0 Å². The Kier molecular flexibility index (Phi) is 6.97. The summed E-state index contributed by atoms with van der Waals surface area (Å²) in [5.74, 6) is 0.224. The van der Waals surface area contributed by atoms with E-state index in [2.05, 4.69) is 5.32 Å². The Morgan fingerprint density at radius 1 is 1.10 bits per heavy atom.